The Kier molecular flexibility index (Phi) is 8.25. The fourth-order valence-electron chi connectivity index (χ4n) is 4.24. The molecule has 4 rings (SSSR count). The lowest BCUT2D eigenvalue weighted by molar-refractivity contribution is -0.120. The minimum Gasteiger partial charge on any atom is -0.352 e. The Morgan fingerprint density at radius 3 is 2.61 bits per heavy atom. The van der Waals surface area contributed by atoms with Gasteiger partial charge in [-0.3, -0.25) is 19.8 Å². The normalized spacial score (nSPS) is 14.4. The van der Waals surface area contributed by atoms with Crippen molar-refractivity contribution in [1.29, 1.82) is 0 Å². The Balaban J connectivity index is 1.28. The lowest BCUT2D eigenvalue weighted by Crippen LogP contribution is -2.33. The molecule has 2 N–H and O–H groups in total. The first kappa shape index (κ1) is 23.6. The number of amides is 2. The average Bonchev–Trinajstić information content (AvgIpc) is 3.52. The number of carbonyl (C=O) groups is 2. The highest BCUT2D eigenvalue weighted by Gasteiger charge is 2.19. The third-order valence-electron chi connectivity index (χ3n) is 6.07. The largest absolute Gasteiger partial charge is 0.352 e. The van der Waals surface area contributed by atoms with Crippen LogP contribution in [0.4, 0.5) is 5.13 Å². The number of thiophene rings is 1. The number of thiazole rings is 1. The van der Waals surface area contributed by atoms with E-state index in [1.165, 1.54) is 60.3 Å². The SMILES string of the molecule is CN(Cc1ccccc1CNC(=O)Cc1csc(NC(=O)c2cccs2)n1)C1CCCCC1. The molecule has 6 nitrogen and oxygen atoms in total. The van der Waals surface area contributed by atoms with Crippen LogP contribution >= 0.6 is 22.7 Å². The molecule has 1 aliphatic rings. The lowest BCUT2D eigenvalue weighted by atomic mass is 9.94. The van der Waals surface area contributed by atoms with Crippen LogP contribution in [0.3, 0.4) is 0 Å². The van der Waals surface area contributed by atoms with Crippen molar-refractivity contribution in [3.8, 4) is 0 Å². The van der Waals surface area contributed by atoms with Gasteiger partial charge >= 0.3 is 0 Å². The average molecular weight is 483 g/mol. The second-order valence-corrected chi connectivity index (χ2v) is 10.3. The zero-order valence-corrected chi connectivity index (χ0v) is 20.5. The highest BCUT2D eigenvalue weighted by molar-refractivity contribution is 7.14. The van der Waals surface area contributed by atoms with Gasteiger partial charge in [0.25, 0.3) is 5.91 Å². The summed E-state index contributed by atoms with van der Waals surface area (Å²) in [5.41, 5.74) is 3.07. The molecule has 1 aliphatic carbocycles. The van der Waals surface area contributed by atoms with Crippen molar-refractivity contribution in [1.82, 2.24) is 15.2 Å². The minimum atomic E-state index is -0.176. The number of anilines is 1. The van der Waals surface area contributed by atoms with Crippen molar-refractivity contribution in [2.75, 3.05) is 12.4 Å². The maximum absolute atomic E-state index is 12.5. The summed E-state index contributed by atoms with van der Waals surface area (Å²) in [5, 5.41) is 10.0. The van der Waals surface area contributed by atoms with Gasteiger partial charge < -0.3 is 5.32 Å². The summed E-state index contributed by atoms with van der Waals surface area (Å²) in [5.74, 6) is -0.253. The fraction of sp³-hybridized carbons (Fsp3) is 0.400. The van der Waals surface area contributed by atoms with E-state index in [0.29, 0.717) is 28.3 Å². The van der Waals surface area contributed by atoms with Crippen LogP contribution in [0.25, 0.3) is 0 Å². The molecule has 0 atom stereocenters. The quantitative estimate of drug-likeness (QED) is 0.446. The number of hydrogen-bond acceptors (Lipinski definition) is 6. The van der Waals surface area contributed by atoms with E-state index in [2.05, 4.69) is 45.8 Å². The summed E-state index contributed by atoms with van der Waals surface area (Å²) in [6.07, 6.45) is 6.74. The molecule has 33 heavy (non-hydrogen) atoms. The van der Waals surface area contributed by atoms with E-state index in [9.17, 15) is 9.59 Å². The van der Waals surface area contributed by atoms with E-state index in [0.717, 1.165) is 12.1 Å². The van der Waals surface area contributed by atoms with Crippen LogP contribution in [-0.4, -0.2) is 34.8 Å². The van der Waals surface area contributed by atoms with Crippen LogP contribution in [-0.2, 0) is 24.3 Å². The molecule has 1 saturated carbocycles. The van der Waals surface area contributed by atoms with E-state index in [4.69, 9.17) is 0 Å². The van der Waals surface area contributed by atoms with Crippen molar-refractivity contribution in [3.63, 3.8) is 0 Å². The van der Waals surface area contributed by atoms with E-state index < -0.39 is 0 Å². The predicted molar refractivity (Wildman–Crippen MR) is 135 cm³/mol. The third-order valence-corrected chi connectivity index (χ3v) is 7.75. The van der Waals surface area contributed by atoms with E-state index >= 15 is 0 Å². The molecule has 1 aromatic carbocycles. The zero-order chi connectivity index (χ0) is 23.0. The Hall–Kier alpha value is -2.55. The maximum Gasteiger partial charge on any atom is 0.267 e. The summed E-state index contributed by atoms with van der Waals surface area (Å²) in [4.78, 5) is 32.2. The number of aromatic nitrogens is 1. The highest BCUT2D eigenvalue weighted by atomic mass is 32.1. The molecule has 0 bridgehead atoms. The molecule has 2 heterocycles. The number of nitrogens with one attached hydrogen (secondary N) is 2. The molecule has 174 valence electrons. The molecule has 0 aliphatic heterocycles. The Morgan fingerprint density at radius 1 is 1.06 bits per heavy atom. The van der Waals surface area contributed by atoms with Gasteiger partial charge in [-0.05, 0) is 42.5 Å². The Bertz CT molecular complexity index is 1060. The first-order chi connectivity index (χ1) is 16.1. The van der Waals surface area contributed by atoms with Crippen LogP contribution in [0.5, 0.6) is 0 Å². The van der Waals surface area contributed by atoms with E-state index in [1.807, 2.05) is 22.9 Å². The Morgan fingerprint density at radius 2 is 1.85 bits per heavy atom. The second-order valence-electron chi connectivity index (χ2n) is 8.50. The highest BCUT2D eigenvalue weighted by Crippen LogP contribution is 2.24. The van der Waals surface area contributed by atoms with Gasteiger partial charge in [-0.2, -0.15) is 0 Å². The van der Waals surface area contributed by atoms with Gasteiger partial charge in [0, 0.05) is 24.5 Å². The molecule has 3 aromatic rings. The summed E-state index contributed by atoms with van der Waals surface area (Å²) in [6.45, 7) is 1.40. The van der Waals surface area contributed by atoms with Gasteiger partial charge in [0.15, 0.2) is 5.13 Å². The van der Waals surface area contributed by atoms with Crippen LogP contribution in [0.2, 0.25) is 0 Å². The zero-order valence-electron chi connectivity index (χ0n) is 18.9. The number of carbonyl (C=O) groups excluding carboxylic acids is 2. The lowest BCUT2D eigenvalue weighted by Gasteiger charge is -2.31. The summed E-state index contributed by atoms with van der Waals surface area (Å²) >= 11 is 2.71. The second kappa shape index (κ2) is 11.5. The standard InChI is InChI=1S/C25H30N4O2S2/c1-29(21-10-3-2-4-11-21)16-19-9-6-5-8-18(19)15-26-23(30)14-20-17-33-25(27-20)28-24(31)22-12-7-13-32-22/h5-9,12-13,17,21H,2-4,10-11,14-16H2,1H3,(H,26,30)(H,27,28,31). The Labute approximate surface area is 203 Å². The van der Waals surface area contributed by atoms with Crippen molar-refractivity contribution in [3.05, 3.63) is 68.9 Å². The summed E-state index contributed by atoms with van der Waals surface area (Å²) < 4.78 is 0. The van der Waals surface area contributed by atoms with Gasteiger partial charge in [-0.15, -0.1) is 22.7 Å². The third kappa shape index (κ3) is 6.72. The molecule has 0 saturated heterocycles. The van der Waals surface area contributed by atoms with E-state index in [-0.39, 0.29) is 18.2 Å². The smallest absolute Gasteiger partial charge is 0.267 e. The van der Waals surface area contributed by atoms with Gasteiger partial charge in [0.2, 0.25) is 5.91 Å². The van der Waals surface area contributed by atoms with Crippen LogP contribution in [0.1, 0.15) is 58.6 Å². The van der Waals surface area contributed by atoms with Gasteiger partial charge in [-0.25, -0.2) is 4.98 Å². The number of nitrogens with zero attached hydrogens (tertiary/aromatic N) is 2. The first-order valence-electron chi connectivity index (χ1n) is 11.4. The summed E-state index contributed by atoms with van der Waals surface area (Å²) in [7, 11) is 2.21. The fourth-order valence-corrected chi connectivity index (χ4v) is 5.56. The number of hydrogen-bond donors (Lipinski definition) is 2. The monoisotopic (exact) mass is 482 g/mol. The topological polar surface area (TPSA) is 74.3 Å². The maximum atomic E-state index is 12.5. The van der Waals surface area contributed by atoms with Crippen LogP contribution in [0, 0.1) is 0 Å². The molecular weight excluding hydrogens is 452 g/mol. The molecule has 2 aromatic heterocycles. The minimum absolute atomic E-state index is 0.0770. The van der Waals surface area contributed by atoms with Crippen molar-refractivity contribution >= 4 is 39.6 Å². The van der Waals surface area contributed by atoms with Crippen molar-refractivity contribution < 1.29 is 9.59 Å². The molecule has 0 radical (unpaired) electrons. The number of rotatable bonds is 9. The summed E-state index contributed by atoms with van der Waals surface area (Å²) in [6, 6.07) is 12.6. The van der Waals surface area contributed by atoms with Crippen LogP contribution in [0.15, 0.2) is 47.2 Å². The molecule has 0 spiro atoms. The van der Waals surface area contributed by atoms with Gasteiger partial charge in [0.1, 0.15) is 0 Å². The van der Waals surface area contributed by atoms with E-state index in [1.54, 1.807) is 6.07 Å². The molecule has 0 unspecified atom stereocenters. The van der Waals surface area contributed by atoms with Crippen LogP contribution < -0.4 is 10.6 Å². The molecule has 2 amide bonds. The number of benzene rings is 1. The first-order valence-corrected chi connectivity index (χ1v) is 13.2. The molecule has 8 heteroatoms. The van der Waals surface area contributed by atoms with Crippen molar-refractivity contribution in [2.24, 2.45) is 0 Å². The molecule has 1 fully saturated rings. The predicted octanol–water partition coefficient (Wildman–Crippen LogP) is 5.08. The molecular formula is C25H30N4O2S2. The van der Waals surface area contributed by atoms with Gasteiger partial charge in [0.05, 0.1) is 17.0 Å². The van der Waals surface area contributed by atoms with Crippen molar-refractivity contribution in [2.45, 2.75) is 57.7 Å². The van der Waals surface area contributed by atoms with Gasteiger partial charge in [-0.1, -0.05) is 49.6 Å².